The summed E-state index contributed by atoms with van der Waals surface area (Å²) in [5, 5.41) is 0. The lowest BCUT2D eigenvalue weighted by atomic mass is 9.77. The van der Waals surface area contributed by atoms with Gasteiger partial charge in [0.25, 0.3) is 0 Å². The van der Waals surface area contributed by atoms with E-state index in [1.807, 2.05) is 6.92 Å². The number of hydrogen-bond acceptors (Lipinski definition) is 3. The molecule has 0 aromatic heterocycles. The quantitative estimate of drug-likeness (QED) is 0.478. The SMILES string of the molecule is CC1=CCC2(C)OCCC3C(C)C(=O)OC3C12. The van der Waals surface area contributed by atoms with Crippen molar-refractivity contribution < 1.29 is 14.3 Å². The third-order valence-corrected chi connectivity index (χ3v) is 4.88. The predicted molar refractivity (Wildman–Crippen MR) is 63.4 cm³/mol. The molecule has 2 heterocycles. The lowest BCUT2D eigenvalue weighted by Crippen LogP contribution is -2.41. The summed E-state index contributed by atoms with van der Waals surface area (Å²) in [5.74, 6) is 0.586. The monoisotopic (exact) mass is 236 g/mol. The average molecular weight is 236 g/mol. The second kappa shape index (κ2) is 3.58. The van der Waals surface area contributed by atoms with Crippen LogP contribution in [0.5, 0.6) is 0 Å². The van der Waals surface area contributed by atoms with E-state index in [1.165, 1.54) is 5.57 Å². The Hall–Kier alpha value is -0.830. The molecule has 0 bridgehead atoms. The van der Waals surface area contributed by atoms with Gasteiger partial charge in [0.1, 0.15) is 6.10 Å². The van der Waals surface area contributed by atoms with Crippen LogP contribution in [0, 0.1) is 17.8 Å². The number of fused-ring (bicyclic) bond motifs is 3. The van der Waals surface area contributed by atoms with Crippen LogP contribution in [0.1, 0.15) is 33.6 Å². The smallest absolute Gasteiger partial charge is 0.309 e. The Kier molecular flexibility index (Phi) is 2.37. The lowest BCUT2D eigenvalue weighted by Gasteiger charge is -2.34. The lowest BCUT2D eigenvalue weighted by molar-refractivity contribution is -0.148. The van der Waals surface area contributed by atoms with Crippen LogP contribution in [0.15, 0.2) is 11.6 Å². The summed E-state index contributed by atoms with van der Waals surface area (Å²) in [6.07, 6.45) is 4.16. The first-order valence-corrected chi connectivity index (χ1v) is 6.54. The van der Waals surface area contributed by atoms with Gasteiger partial charge in [0.2, 0.25) is 0 Å². The number of esters is 1. The number of rotatable bonds is 0. The Bertz CT molecular complexity index is 387. The van der Waals surface area contributed by atoms with Gasteiger partial charge in [0, 0.05) is 18.4 Å². The van der Waals surface area contributed by atoms with Gasteiger partial charge in [0.15, 0.2) is 0 Å². The molecule has 0 saturated carbocycles. The first-order valence-electron chi connectivity index (χ1n) is 6.54. The zero-order valence-corrected chi connectivity index (χ0v) is 10.7. The Labute approximate surface area is 102 Å². The summed E-state index contributed by atoms with van der Waals surface area (Å²) in [4.78, 5) is 11.8. The molecule has 0 spiro atoms. The van der Waals surface area contributed by atoms with E-state index >= 15 is 0 Å². The van der Waals surface area contributed by atoms with Crippen molar-refractivity contribution in [3.05, 3.63) is 11.6 Å². The summed E-state index contributed by atoms with van der Waals surface area (Å²) in [7, 11) is 0. The highest BCUT2D eigenvalue weighted by Crippen LogP contribution is 2.49. The van der Waals surface area contributed by atoms with Crippen LogP contribution in [-0.2, 0) is 14.3 Å². The van der Waals surface area contributed by atoms with Crippen molar-refractivity contribution in [1.82, 2.24) is 0 Å². The molecule has 0 amide bonds. The number of carbonyl (C=O) groups excluding carboxylic acids is 1. The van der Waals surface area contributed by atoms with Crippen LogP contribution >= 0.6 is 0 Å². The van der Waals surface area contributed by atoms with Crippen LogP contribution in [0.4, 0.5) is 0 Å². The largest absolute Gasteiger partial charge is 0.461 e. The van der Waals surface area contributed by atoms with E-state index in [-0.39, 0.29) is 29.5 Å². The molecule has 3 nitrogen and oxygen atoms in total. The van der Waals surface area contributed by atoms with Gasteiger partial charge in [0.05, 0.1) is 11.5 Å². The number of carbonyl (C=O) groups is 1. The maximum atomic E-state index is 11.8. The van der Waals surface area contributed by atoms with Gasteiger partial charge in [-0.2, -0.15) is 0 Å². The van der Waals surface area contributed by atoms with Crippen molar-refractivity contribution in [3.8, 4) is 0 Å². The Balaban J connectivity index is 1.98. The fourth-order valence-electron chi connectivity index (χ4n) is 3.80. The van der Waals surface area contributed by atoms with Gasteiger partial charge in [-0.1, -0.05) is 18.6 Å². The van der Waals surface area contributed by atoms with E-state index in [1.54, 1.807) is 0 Å². The third kappa shape index (κ3) is 1.48. The second-order valence-corrected chi connectivity index (χ2v) is 5.93. The van der Waals surface area contributed by atoms with E-state index in [9.17, 15) is 4.79 Å². The topological polar surface area (TPSA) is 35.5 Å². The minimum Gasteiger partial charge on any atom is -0.461 e. The van der Waals surface area contributed by atoms with Crippen molar-refractivity contribution >= 4 is 5.97 Å². The van der Waals surface area contributed by atoms with E-state index < -0.39 is 0 Å². The van der Waals surface area contributed by atoms with Crippen LogP contribution in [0.25, 0.3) is 0 Å². The van der Waals surface area contributed by atoms with E-state index in [4.69, 9.17) is 9.47 Å². The normalized spacial score (nSPS) is 49.1. The molecule has 2 aliphatic heterocycles. The second-order valence-electron chi connectivity index (χ2n) is 5.93. The van der Waals surface area contributed by atoms with E-state index in [0.717, 1.165) is 19.4 Å². The van der Waals surface area contributed by atoms with E-state index in [0.29, 0.717) is 5.92 Å². The molecule has 3 heteroatoms. The standard InChI is InChI=1S/C14H20O3/c1-8-4-6-14(3)11(8)12-10(5-7-16-14)9(2)13(15)17-12/h4,9-12H,5-7H2,1-3H3. The van der Waals surface area contributed by atoms with E-state index in [2.05, 4.69) is 19.9 Å². The van der Waals surface area contributed by atoms with Gasteiger partial charge in [-0.3, -0.25) is 4.79 Å². The molecule has 17 heavy (non-hydrogen) atoms. The molecule has 5 atom stereocenters. The molecular formula is C14H20O3. The number of ether oxygens (including phenoxy) is 2. The summed E-state index contributed by atoms with van der Waals surface area (Å²) < 4.78 is 11.7. The summed E-state index contributed by atoms with van der Waals surface area (Å²) in [5.41, 5.74) is 1.17. The maximum absolute atomic E-state index is 11.8. The molecule has 3 aliphatic rings. The fourth-order valence-corrected chi connectivity index (χ4v) is 3.80. The first kappa shape index (κ1) is 11.3. The maximum Gasteiger partial charge on any atom is 0.309 e. The molecule has 94 valence electrons. The molecule has 3 rings (SSSR count). The van der Waals surface area contributed by atoms with Crippen LogP contribution in [-0.4, -0.2) is 24.3 Å². The summed E-state index contributed by atoms with van der Waals surface area (Å²) in [6.45, 7) is 7.03. The van der Waals surface area contributed by atoms with Crippen LogP contribution in [0.2, 0.25) is 0 Å². The van der Waals surface area contributed by atoms with Crippen LogP contribution < -0.4 is 0 Å². The minimum absolute atomic E-state index is 0.0241. The minimum atomic E-state index is -0.159. The highest BCUT2D eigenvalue weighted by Gasteiger charge is 2.55. The van der Waals surface area contributed by atoms with Crippen molar-refractivity contribution in [3.63, 3.8) is 0 Å². The highest BCUT2D eigenvalue weighted by molar-refractivity contribution is 5.75. The zero-order chi connectivity index (χ0) is 12.2. The molecule has 0 aromatic carbocycles. The Morgan fingerprint density at radius 1 is 1.47 bits per heavy atom. The zero-order valence-electron chi connectivity index (χ0n) is 10.7. The first-order chi connectivity index (χ1) is 8.03. The molecule has 0 radical (unpaired) electrons. The van der Waals surface area contributed by atoms with Gasteiger partial charge in [-0.05, 0) is 26.7 Å². The van der Waals surface area contributed by atoms with Crippen molar-refractivity contribution in [2.24, 2.45) is 17.8 Å². The predicted octanol–water partition coefficient (Wildman–Crippen LogP) is 2.31. The Morgan fingerprint density at radius 2 is 2.24 bits per heavy atom. The number of hydrogen-bond donors (Lipinski definition) is 0. The van der Waals surface area contributed by atoms with Gasteiger partial charge in [-0.15, -0.1) is 0 Å². The molecule has 0 aromatic rings. The molecule has 0 N–H and O–H groups in total. The van der Waals surface area contributed by atoms with Gasteiger partial charge in [-0.25, -0.2) is 0 Å². The molecule has 1 aliphatic carbocycles. The van der Waals surface area contributed by atoms with Gasteiger partial charge >= 0.3 is 5.97 Å². The fraction of sp³-hybridized carbons (Fsp3) is 0.786. The third-order valence-electron chi connectivity index (χ3n) is 4.88. The summed E-state index contributed by atoms with van der Waals surface area (Å²) >= 11 is 0. The molecule has 5 unspecified atom stereocenters. The van der Waals surface area contributed by atoms with Crippen molar-refractivity contribution in [2.45, 2.75) is 45.3 Å². The molecular weight excluding hydrogens is 216 g/mol. The average Bonchev–Trinajstić information content (AvgIpc) is 2.65. The molecule has 2 saturated heterocycles. The van der Waals surface area contributed by atoms with Crippen molar-refractivity contribution in [1.29, 1.82) is 0 Å². The van der Waals surface area contributed by atoms with Crippen LogP contribution in [0.3, 0.4) is 0 Å². The summed E-state index contributed by atoms with van der Waals surface area (Å²) in [6, 6.07) is 0. The van der Waals surface area contributed by atoms with Crippen molar-refractivity contribution in [2.75, 3.05) is 6.61 Å². The Morgan fingerprint density at radius 3 is 3.00 bits per heavy atom. The molecule has 2 fully saturated rings. The van der Waals surface area contributed by atoms with Gasteiger partial charge < -0.3 is 9.47 Å². The highest BCUT2D eigenvalue weighted by atomic mass is 16.6.